The topological polar surface area (TPSA) is 55.8 Å². The van der Waals surface area contributed by atoms with Gasteiger partial charge in [0.1, 0.15) is 0 Å². The van der Waals surface area contributed by atoms with Gasteiger partial charge in [0.2, 0.25) is 0 Å². The Hall–Kier alpha value is -2.49. The lowest BCUT2D eigenvalue weighted by Gasteiger charge is -2.14. The van der Waals surface area contributed by atoms with Gasteiger partial charge in [-0.2, -0.15) is 0 Å². The van der Waals surface area contributed by atoms with Gasteiger partial charge in [-0.05, 0) is 36.5 Å². The van der Waals surface area contributed by atoms with Crippen LogP contribution < -0.4 is 9.47 Å². The first kappa shape index (κ1) is 16.9. The lowest BCUT2D eigenvalue weighted by molar-refractivity contribution is -0.136. The molecule has 0 atom stereocenters. The maximum atomic E-state index is 10.8. The van der Waals surface area contributed by atoms with Crippen LogP contribution in [-0.2, 0) is 17.6 Å². The molecule has 0 aliphatic rings. The van der Waals surface area contributed by atoms with Crippen LogP contribution in [0, 0.1) is 0 Å². The van der Waals surface area contributed by atoms with E-state index in [0.717, 1.165) is 18.4 Å². The maximum absolute atomic E-state index is 10.8. The average Bonchev–Trinajstić information content (AvgIpc) is 2.58. The second kappa shape index (κ2) is 8.83. The lowest BCUT2D eigenvalue weighted by Crippen LogP contribution is -2.05. The zero-order valence-electron chi connectivity index (χ0n) is 13.3. The largest absolute Gasteiger partial charge is 0.493 e. The Kier molecular flexibility index (Phi) is 6.48. The van der Waals surface area contributed by atoms with E-state index in [-0.39, 0.29) is 6.42 Å². The Balaban J connectivity index is 1.95. The van der Waals surface area contributed by atoms with Gasteiger partial charge in [-0.15, -0.1) is 0 Å². The molecule has 2 aromatic carbocycles. The number of carbonyl (C=O) groups is 1. The van der Waals surface area contributed by atoms with Crippen LogP contribution in [0.3, 0.4) is 0 Å². The first-order valence-corrected chi connectivity index (χ1v) is 7.75. The second-order valence-electron chi connectivity index (χ2n) is 5.28. The zero-order valence-corrected chi connectivity index (χ0v) is 13.3. The second-order valence-corrected chi connectivity index (χ2v) is 5.28. The standard InChI is InChI=1S/C19H22O4/c1-22-17-11-5-10-16(12-13-18(20)21)19(17)23-14-6-9-15-7-3-2-4-8-15/h2-5,7-8,10-11H,6,9,12-14H2,1H3,(H,20,21). The summed E-state index contributed by atoms with van der Waals surface area (Å²) in [4.78, 5) is 10.8. The third kappa shape index (κ3) is 5.33. The number of hydrogen-bond donors (Lipinski definition) is 1. The van der Waals surface area contributed by atoms with Gasteiger partial charge in [0.05, 0.1) is 13.7 Å². The third-order valence-electron chi connectivity index (χ3n) is 3.59. The molecule has 122 valence electrons. The van der Waals surface area contributed by atoms with Gasteiger partial charge < -0.3 is 14.6 Å². The average molecular weight is 314 g/mol. The predicted molar refractivity (Wildman–Crippen MR) is 89.2 cm³/mol. The molecule has 0 heterocycles. The fourth-order valence-electron chi connectivity index (χ4n) is 2.42. The van der Waals surface area contributed by atoms with Crippen LogP contribution in [0.4, 0.5) is 0 Å². The molecular weight excluding hydrogens is 292 g/mol. The number of aryl methyl sites for hydroxylation is 2. The van der Waals surface area contributed by atoms with Crippen molar-refractivity contribution in [1.82, 2.24) is 0 Å². The molecule has 23 heavy (non-hydrogen) atoms. The van der Waals surface area contributed by atoms with Gasteiger partial charge in [0, 0.05) is 6.42 Å². The van der Waals surface area contributed by atoms with Crippen LogP contribution in [0.2, 0.25) is 0 Å². The zero-order chi connectivity index (χ0) is 16.5. The fourth-order valence-corrected chi connectivity index (χ4v) is 2.42. The molecule has 0 spiro atoms. The molecule has 4 heteroatoms. The number of methoxy groups -OCH3 is 1. The van der Waals surface area contributed by atoms with Gasteiger partial charge in [-0.25, -0.2) is 0 Å². The highest BCUT2D eigenvalue weighted by molar-refractivity contribution is 5.67. The monoisotopic (exact) mass is 314 g/mol. The van der Waals surface area contributed by atoms with Crippen molar-refractivity contribution in [3.8, 4) is 11.5 Å². The van der Waals surface area contributed by atoms with Crippen molar-refractivity contribution >= 4 is 5.97 Å². The summed E-state index contributed by atoms with van der Waals surface area (Å²) in [6, 6.07) is 15.8. The quantitative estimate of drug-likeness (QED) is 0.717. The van der Waals surface area contributed by atoms with Crippen LogP contribution >= 0.6 is 0 Å². The lowest BCUT2D eigenvalue weighted by atomic mass is 10.1. The molecule has 0 bridgehead atoms. The molecule has 0 fully saturated rings. The van der Waals surface area contributed by atoms with Gasteiger partial charge in [-0.3, -0.25) is 4.79 Å². The number of hydrogen-bond acceptors (Lipinski definition) is 3. The molecule has 0 saturated heterocycles. The normalized spacial score (nSPS) is 10.3. The van der Waals surface area contributed by atoms with Gasteiger partial charge >= 0.3 is 5.97 Å². The van der Waals surface area contributed by atoms with Gasteiger partial charge in [0.15, 0.2) is 11.5 Å². The van der Waals surface area contributed by atoms with Crippen molar-refractivity contribution in [3.05, 3.63) is 59.7 Å². The molecule has 0 radical (unpaired) electrons. The number of carboxylic acids is 1. The number of para-hydroxylation sites is 1. The Bertz CT molecular complexity index is 623. The molecule has 0 unspecified atom stereocenters. The van der Waals surface area contributed by atoms with Gasteiger partial charge in [0.25, 0.3) is 0 Å². The van der Waals surface area contributed by atoms with Crippen LogP contribution in [-0.4, -0.2) is 24.8 Å². The molecule has 0 saturated carbocycles. The minimum atomic E-state index is -0.817. The number of ether oxygens (including phenoxy) is 2. The Morgan fingerprint density at radius 3 is 2.52 bits per heavy atom. The van der Waals surface area contributed by atoms with E-state index in [1.807, 2.05) is 36.4 Å². The highest BCUT2D eigenvalue weighted by Crippen LogP contribution is 2.32. The van der Waals surface area contributed by atoms with Crippen LogP contribution in [0.25, 0.3) is 0 Å². The third-order valence-corrected chi connectivity index (χ3v) is 3.59. The molecule has 0 aliphatic heterocycles. The minimum absolute atomic E-state index is 0.0769. The van der Waals surface area contributed by atoms with E-state index in [1.165, 1.54) is 5.56 Å². The highest BCUT2D eigenvalue weighted by Gasteiger charge is 2.11. The smallest absolute Gasteiger partial charge is 0.303 e. The molecule has 4 nitrogen and oxygen atoms in total. The number of rotatable bonds is 9. The fraction of sp³-hybridized carbons (Fsp3) is 0.316. The Labute approximate surface area is 136 Å². The molecule has 0 aromatic heterocycles. The molecule has 2 aromatic rings. The van der Waals surface area contributed by atoms with E-state index in [0.29, 0.717) is 24.5 Å². The molecule has 1 N–H and O–H groups in total. The summed E-state index contributed by atoms with van der Waals surface area (Å²) in [5, 5.41) is 8.86. The summed E-state index contributed by atoms with van der Waals surface area (Å²) in [5.74, 6) is 0.486. The summed E-state index contributed by atoms with van der Waals surface area (Å²) in [6.45, 7) is 0.565. The van der Waals surface area contributed by atoms with E-state index in [1.54, 1.807) is 7.11 Å². The van der Waals surface area contributed by atoms with E-state index in [9.17, 15) is 4.79 Å². The summed E-state index contributed by atoms with van der Waals surface area (Å²) in [5.41, 5.74) is 2.15. The van der Waals surface area contributed by atoms with Crippen molar-refractivity contribution in [1.29, 1.82) is 0 Å². The Morgan fingerprint density at radius 1 is 1.04 bits per heavy atom. The van der Waals surface area contributed by atoms with Crippen molar-refractivity contribution in [2.45, 2.75) is 25.7 Å². The first-order valence-electron chi connectivity index (χ1n) is 7.75. The van der Waals surface area contributed by atoms with Crippen LogP contribution in [0.1, 0.15) is 24.0 Å². The Morgan fingerprint density at radius 2 is 1.83 bits per heavy atom. The summed E-state index contributed by atoms with van der Waals surface area (Å²) in [6.07, 6.45) is 2.34. The molecule has 0 amide bonds. The first-order chi connectivity index (χ1) is 11.2. The molecule has 2 rings (SSSR count). The van der Waals surface area contributed by atoms with Crippen molar-refractivity contribution < 1.29 is 19.4 Å². The number of aliphatic carboxylic acids is 1. The van der Waals surface area contributed by atoms with Crippen LogP contribution in [0.15, 0.2) is 48.5 Å². The maximum Gasteiger partial charge on any atom is 0.303 e. The molecular formula is C19H22O4. The highest BCUT2D eigenvalue weighted by atomic mass is 16.5. The van der Waals surface area contributed by atoms with Crippen molar-refractivity contribution in [2.75, 3.05) is 13.7 Å². The van der Waals surface area contributed by atoms with Crippen molar-refractivity contribution in [3.63, 3.8) is 0 Å². The molecule has 0 aliphatic carbocycles. The number of benzene rings is 2. The van der Waals surface area contributed by atoms with E-state index >= 15 is 0 Å². The van der Waals surface area contributed by atoms with Crippen molar-refractivity contribution in [2.24, 2.45) is 0 Å². The van der Waals surface area contributed by atoms with E-state index in [4.69, 9.17) is 14.6 Å². The van der Waals surface area contributed by atoms with Crippen LogP contribution in [0.5, 0.6) is 11.5 Å². The summed E-state index contributed by atoms with van der Waals surface area (Å²) < 4.78 is 11.2. The minimum Gasteiger partial charge on any atom is -0.493 e. The summed E-state index contributed by atoms with van der Waals surface area (Å²) >= 11 is 0. The summed E-state index contributed by atoms with van der Waals surface area (Å²) in [7, 11) is 1.59. The SMILES string of the molecule is COc1cccc(CCC(=O)O)c1OCCCc1ccccc1. The van der Waals surface area contributed by atoms with Gasteiger partial charge in [-0.1, -0.05) is 42.5 Å². The van der Waals surface area contributed by atoms with E-state index in [2.05, 4.69) is 12.1 Å². The predicted octanol–water partition coefficient (Wildman–Crippen LogP) is 3.72. The van der Waals surface area contributed by atoms with E-state index < -0.39 is 5.97 Å². The number of carboxylic acid groups (broad SMARTS) is 1.